The van der Waals surface area contributed by atoms with Crippen LogP contribution in [0.2, 0.25) is 0 Å². The van der Waals surface area contributed by atoms with E-state index in [1.54, 1.807) is 29.2 Å². The predicted octanol–water partition coefficient (Wildman–Crippen LogP) is 2.26. The standard InChI is InChI=1S/C18H24N2O4/c1-20(2)11-16(21)12-7-9-13(10-8-12)19-17(22)14-5-3-4-6-15(14)18(23)24/h7-10,14-15H,3-6,11H2,1-2H3,(H,19,22)(H,23,24). The van der Waals surface area contributed by atoms with Crippen LogP contribution in [0.5, 0.6) is 0 Å². The lowest BCUT2D eigenvalue weighted by Gasteiger charge is -2.27. The van der Waals surface area contributed by atoms with Gasteiger partial charge in [0.2, 0.25) is 5.91 Å². The summed E-state index contributed by atoms with van der Waals surface area (Å²) in [5.74, 6) is -2.25. The number of benzene rings is 1. The van der Waals surface area contributed by atoms with Crippen molar-refractivity contribution in [1.29, 1.82) is 0 Å². The highest BCUT2D eigenvalue weighted by atomic mass is 16.4. The third-order valence-electron chi connectivity index (χ3n) is 4.35. The number of nitrogens with zero attached hydrogens (tertiary/aromatic N) is 1. The first-order chi connectivity index (χ1) is 11.4. The molecule has 6 nitrogen and oxygen atoms in total. The van der Waals surface area contributed by atoms with Crippen LogP contribution >= 0.6 is 0 Å². The van der Waals surface area contributed by atoms with E-state index in [-0.39, 0.29) is 11.7 Å². The fraction of sp³-hybridized carbons (Fsp3) is 0.500. The minimum atomic E-state index is -0.903. The Balaban J connectivity index is 2.01. The molecule has 0 radical (unpaired) electrons. The van der Waals surface area contributed by atoms with Gasteiger partial charge >= 0.3 is 5.97 Å². The van der Waals surface area contributed by atoms with Crippen LogP contribution in [-0.2, 0) is 9.59 Å². The van der Waals surface area contributed by atoms with Crippen LogP contribution in [0.4, 0.5) is 5.69 Å². The molecule has 1 aliphatic rings. The molecule has 1 aromatic carbocycles. The maximum absolute atomic E-state index is 12.4. The molecule has 2 rings (SSSR count). The Bertz CT molecular complexity index is 610. The summed E-state index contributed by atoms with van der Waals surface area (Å²) in [7, 11) is 3.66. The molecule has 1 amide bonds. The minimum Gasteiger partial charge on any atom is -0.481 e. The minimum absolute atomic E-state index is 0.0103. The van der Waals surface area contributed by atoms with Crippen LogP contribution in [0, 0.1) is 11.8 Å². The van der Waals surface area contributed by atoms with Crippen LogP contribution in [0.15, 0.2) is 24.3 Å². The largest absolute Gasteiger partial charge is 0.481 e. The van der Waals surface area contributed by atoms with Crippen LogP contribution < -0.4 is 5.32 Å². The number of hydrogen-bond acceptors (Lipinski definition) is 4. The van der Waals surface area contributed by atoms with Crippen molar-refractivity contribution in [2.75, 3.05) is 26.0 Å². The average molecular weight is 332 g/mol. The molecular formula is C18H24N2O4. The van der Waals surface area contributed by atoms with E-state index in [1.165, 1.54) is 0 Å². The summed E-state index contributed by atoms with van der Waals surface area (Å²) in [5, 5.41) is 12.1. The summed E-state index contributed by atoms with van der Waals surface area (Å²) in [6, 6.07) is 6.72. The number of amides is 1. The van der Waals surface area contributed by atoms with E-state index in [0.717, 1.165) is 12.8 Å². The normalized spacial score (nSPS) is 20.6. The molecule has 0 bridgehead atoms. The van der Waals surface area contributed by atoms with E-state index in [0.29, 0.717) is 30.6 Å². The van der Waals surface area contributed by atoms with E-state index in [2.05, 4.69) is 5.32 Å². The van der Waals surface area contributed by atoms with Gasteiger partial charge in [0, 0.05) is 11.3 Å². The number of anilines is 1. The molecule has 1 aliphatic carbocycles. The van der Waals surface area contributed by atoms with Gasteiger partial charge in [-0.25, -0.2) is 0 Å². The number of aliphatic carboxylic acids is 1. The predicted molar refractivity (Wildman–Crippen MR) is 91.0 cm³/mol. The van der Waals surface area contributed by atoms with Crippen molar-refractivity contribution >= 4 is 23.3 Å². The first-order valence-electron chi connectivity index (χ1n) is 8.20. The van der Waals surface area contributed by atoms with Gasteiger partial charge in [0.25, 0.3) is 0 Å². The smallest absolute Gasteiger partial charge is 0.307 e. The second kappa shape index (κ2) is 8.06. The quantitative estimate of drug-likeness (QED) is 0.780. The highest BCUT2D eigenvalue weighted by Gasteiger charge is 2.35. The molecule has 6 heteroatoms. The van der Waals surface area contributed by atoms with Gasteiger partial charge in [0.1, 0.15) is 0 Å². The molecule has 0 saturated heterocycles. The molecule has 2 atom stereocenters. The Morgan fingerprint density at radius 2 is 1.67 bits per heavy atom. The topological polar surface area (TPSA) is 86.7 Å². The average Bonchev–Trinajstić information content (AvgIpc) is 2.54. The maximum Gasteiger partial charge on any atom is 0.307 e. The van der Waals surface area contributed by atoms with Crippen molar-refractivity contribution in [3.63, 3.8) is 0 Å². The van der Waals surface area contributed by atoms with Crippen molar-refractivity contribution in [1.82, 2.24) is 4.90 Å². The lowest BCUT2D eigenvalue weighted by molar-refractivity contribution is -0.147. The maximum atomic E-state index is 12.4. The van der Waals surface area contributed by atoms with Gasteiger partial charge in [0.15, 0.2) is 5.78 Å². The Labute approximate surface area is 141 Å². The number of carboxylic acid groups (broad SMARTS) is 1. The van der Waals surface area contributed by atoms with Crippen LogP contribution in [-0.4, -0.2) is 48.3 Å². The summed E-state index contributed by atoms with van der Waals surface area (Å²) in [6.07, 6.45) is 2.87. The molecule has 0 aromatic heterocycles. The van der Waals surface area contributed by atoms with E-state index >= 15 is 0 Å². The molecule has 24 heavy (non-hydrogen) atoms. The van der Waals surface area contributed by atoms with Gasteiger partial charge in [-0.3, -0.25) is 14.4 Å². The number of nitrogens with one attached hydrogen (secondary N) is 1. The molecule has 0 aliphatic heterocycles. The van der Waals surface area contributed by atoms with Crippen molar-refractivity contribution in [2.24, 2.45) is 11.8 Å². The van der Waals surface area contributed by atoms with Gasteiger partial charge in [0.05, 0.1) is 18.4 Å². The van der Waals surface area contributed by atoms with E-state index in [1.807, 2.05) is 14.1 Å². The summed E-state index contributed by atoms with van der Waals surface area (Å²) in [5.41, 5.74) is 1.17. The number of likely N-dealkylation sites (N-methyl/N-ethyl adjacent to an activating group) is 1. The Kier molecular flexibility index (Phi) is 6.09. The zero-order valence-corrected chi connectivity index (χ0v) is 14.1. The summed E-state index contributed by atoms with van der Waals surface area (Å²) >= 11 is 0. The molecule has 1 aromatic rings. The third kappa shape index (κ3) is 4.64. The lowest BCUT2D eigenvalue weighted by Crippen LogP contribution is -2.36. The van der Waals surface area contributed by atoms with Gasteiger partial charge in [-0.1, -0.05) is 12.8 Å². The highest BCUT2D eigenvalue weighted by Crippen LogP contribution is 2.31. The number of carbonyl (C=O) groups is 3. The van der Waals surface area contributed by atoms with Gasteiger partial charge in [-0.2, -0.15) is 0 Å². The number of carboxylic acids is 1. The highest BCUT2D eigenvalue weighted by molar-refractivity contribution is 5.99. The molecule has 2 N–H and O–H groups in total. The van der Waals surface area contributed by atoms with Crippen LogP contribution in [0.3, 0.4) is 0 Å². The second-order valence-electron chi connectivity index (χ2n) is 6.56. The van der Waals surface area contributed by atoms with Crippen molar-refractivity contribution in [3.05, 3.63) is 29.8 Å². The molecule has 2 unspecified atom stereocenters. The second-order valence-corrected chi connectivity index (χ2v) is 6.56. The van der Waals surface area contributed by atoms with E-state index < -0.39 is 17.8 Å². The first kappa shape index (κ1) is 18.1. The molecule has 1 saturated carbocycles. The zero-order chi connectivity index (χ0) is 17.7. The molecule has 130 valence electrons. The van der Waals surface area contributed by atoms with Gasteiger partial charge in [-0.15, -0.1) is 0 Å². The summed E-state index contributed by atoms with van der Waals surface area (Å²) < 4.78 is 0. The number of hydrogen-bond donors (Lipinski definition) is 2. The first-order valence-corrected chi connectivity index (χ1v) is 8.20. The summed E-state index contributed by atoms with van der Waals surface area (Å²) in [4.78, 5) is 37.5. The Morgan fingerprint density at radius 3 is 2.21 bits per heavy atom. The van der Waals surface area contributed by atoms with Gasteiger partial charge in [-0.05, 0) is 51.2 Å². The van der Waals surface area contributed by atoms with E-state index in [9.17, 15) is 19.5 Å². The number of ketones is 1. The van der Waals surface area contributed by atoms with Crippen molar-refractivity contribution < 1.29 is 19.5 Å². The van der Waals surface area contributed by atoms with Crippen LogP contribution in [0.1, 0.15) is 36.0 Å². The lowest BCUT2D eigenvalue weighted by atomic mass is 9.78. The number of rotatable bonds is 6. The fourth-order valence-electron chi connectivity index (χ4n) is 3.09. The molecular weight excluding hydrogens is 308 g/mol. The van der Waals surface area contributed by atoms with Crippen molar-refractivity contribution in [2.45, 2.75) is 25.7 Å². The van der Waals surface area contributed by atoms with Crippen molar-refractivity contribution in [3.8, 4) is 0 Å². The monoisotopic (exact) mass is 332 g/mol. The molecule has 0 heterocycles. The number of carbonyl (C=O) groups excluding carboxylic acids is 2. The fourth-order valence-corrected chi connectivity index (χ4v) is 3.09. The molecule has 0 spiro atoms. The Hall–Kier alpha value is -2.21. The Morgan fingerprint density at radius 1 is 1.08 bits per heavy atom. The SMILES string of the molecule is CN(C)CC(=O)c1ccc(NC(=O)C2CCCCC2C(=O)O)cc1. The molecule has 1 fully saturated rings. The van der Waals surface area contributed by atoms with Crippen LogP contribution in [0.25, 0.3) is 0 Å². The van der Waals surface area contributed by atoms with E-state index in [4.69, 9.17) is 0 Å². The third-order valence-corrected chi connectivity index (χ3v) is 4.35. The zero-order valence-electron chi connectivity index (χ0n) is 14.1. The van der Waals surface area contributed by atoms with Gasteiger partial charge < -0.3 is 15.3 Å². The summed E-state index contributed by atoms with van der Waals surface area (Å²) in [6.45, 7) is 0.327. The number of Topliss-reactive ketones (excluding diaryl/α,β-unsaturated/α-hetero) is 1.